The number of nitro groups is 1. The molecule has 12 nitrogen and oxygen atoms in total. The van der Waals surface area contributed by atoms with Crippen molar-refractivity contribution in [3.8, 4) is 5.75 Å². The number of anilines is 2. The molecule has 0 saturated carbocycles. The lowest BCUT2D eigenvalue weighted by Gasteiger charge is -2.39. The van der Waals surface area contributed by atoms with Crippen molar-refractivity contribution in [3.63, 3.8) is 0 Å². The highest BCUT2D eigenvalue weighted by Crippen LogP contribution is 2.56. The Balaban J connectivity index is 1.68. The van der Waals surface area contributed by atoms with Crippen LogP contribution >= 0.6 is 0 Å². The molecule has 246 valence electrons. The number of nitrogens with zero attached hydrogens (tertiary/aromatic N) is 3. The molecule has 2 heterocycles. The topological polar surface area (TPSA) is 141 Å². The molecular weight excluding hydrogens is 616 g/mol. The molecule has 12 heteroatoms. The van der Waals surface area contributed by atoms with E-state index >= 15 is 4.79 Å². The number of nitro benzene ring substituents is 1. The molecule has 2 aliphatic rings. The van der Waals surface area contributed by atoms with Crippen molar-refractivity contribution in [1.29, 1.82) is 0 Å². The van der Waals surface area contributed by atoms with Crippen LogP contribution in [0.2, 0.25) is 0 Å². The molecule has 1 saturated heterocycles. The lowest BCUT2D eigenvalue weighted by atomic mass is 9.85. The monoisotopic (exact) mass is 650 g/mol. The van der Waals surface area contributed by atoms with Gasteiger partial charge < -0.3 is 24.0 Å². The average molecular weight is 651 g/mol. The number of benzene rings is 4. The number of ether oxygens (including phenoxy) is 3. The lowest BCUT2D eigenvalue weighted by Crippen LogP contribution is -2.64. The highest BCUT2D eigenvalue weighted by molar-refractivity contribution is 6.15. The zero-order valence-electron chi connectivity index (χ0n) is 26.6. The third kappa shape index (κ3) is 5.01. The summed E-state index contributed by atoms with van der Waals surface area (Å²) >= 11 is 0. The fourth-order valence-electron chi connectivity index (χ4n) is 6.67. The number of non-ortho nitro benzene ring substituents is 1. The summed E-state index contributed by atoms with van der Waals surface area (Å²) in [5.74, 6) is -1.84. The Bertz CT molecular complexity index is 1830. The Labute approximate surface area is 277 Å². The molecule has 2 aliphatic heterocycles. The number of methoxy groups -OCH3 is 1. The minimum Gasteiger partial charge on any atom is -0.497 e. The summed E-state index contributed by atoms with van der Waals surface area (Å²) in [5.41, 5.74) is -1.65. The van der Waals surface area contributed by atoms with E-state index in [4.69, 9.17) is 14.2 Å². The molecule has 6 rings (SSSR count). The molecule has 0 unspecified atom stereocenters. The van der Waals surface area contributed by atoms with Crippen molar-refractivity contribution in [1.82, 2.24) is 5.32 Å². The van der Waals surface area contributed by atoms with Crippen LogP contribution < -0.4 is 19.9 Å². The van der Waals surface area contributed by atoms with Gasteiger partial charge in [0.1, 0.15) is 5.75 Å². The van der Waals surface area contributed by atoms with Gasteiger partial charge in [-0.05, 0) is 55.3 Å². The van der Waals surface area contributed by atoms with E-state index in [9.17, 15) is 19.7 Å². The Morgan fingerprint density at radius 3 is 2.04 bits per heavy atom. The van der Waals surface area contributed by atoms with Crippen LogP contribution in [0, 0.1) is 10.1 Å². The van der Waals surface area contributed by atoms with Crippen LogP contribution in [0.25, 0.3) is 0 Å². The van der Waals surface area contributed by atoms with Crippen molar-refractivity contribution in [3.05, 3.63) is 130 Å². The van der Waals surface area contributed by atoms with Crippen LogP contribution in [0.15, 0.2) is 103 Å². The van der Waals surface area contributed by atoms with Crippen LogP contribution in [0.4, 0.5) is 17.1 Å². The van der Waals surface area contributed by atoms with Crippen LogP contribution in [0.5, 0.6) is 5.75 Å². The van der Waals surface area contributed by atoms with Gasteiger partial charge in [-0.15, -0.1) is 0 Å². The number of hydrogen-bond donors (Lipinski definition) is 1. The number of rotatable bonds is 10. The molecule has 4 aromatic carbocycles. The number of nitrogens with one attached hydrogen (secondary N) is 1. The summed E-state index contributed by atoms with van der Waals surface area (Å²) < 4.78 is 16.6. The number of esters is 2. The van der Waals surface area contributed by atoms with E-state index in [2.05, 4.69) is 5.32 Å². The Morgan fingerprint density at radius 1 is 0.854 bits per heavy atom. The standard InChI is InChI=1S/C36H34N4O8/c1-4-47-33(42)35(34(43)48-5-2)31(25-15-17-27(18-16-25)40(44)45)39(26-19-21-28(46-3)22-20-26)36(37-35)29-13-9-10-14-30(29)38(32(36)41)23-24-11-7-6-8-12-24/h6-22,31,37H,4-5,23H2,1-3H3/t31-,36-/m0/s1. The summed E-state index contributed by atoms with van der Waals surface area (Å²) in [6.45, 7) is 3.27. The predicted molar refractivity (Wildman–Crippen MR) is 176 cm³/mol. The van der Waals surface area contributed by atoms with Gasteiger partial charge in [-0.2, -0.15) is 0 Å². The maximum absolute atomic E-state index is 15.3. The van der Waals surface area contributed by atoms with Gasteiger partial charge >= 0.3 is 11.9 Å². The van der Waals surface area contributed by atoms with E-state index in [1.54, 1.807) is 60.0 Å². The SMILES string of the molecule is CCOC(=O)C1(C(=O)OCC)N[C@]2(C(=O)N(Cc3ccccc3)c3ccccc32)N(c2ccc(OC)cc2)[C@H]1c1ccc([N+](=O)[O-])cc1. The zero-order valence-corrected chi connectivity index (χ0v) is 26.6. The van der Waals surface area contributed by atoms with Gasteiger partial charge in [-0.3, -0.25) is 20.2 Å². The average Bonchev–Trinajstić information content (AvgIpc) is 3.56. The highest BCUT2D eigenvalue weighted by atomic mass is 16.6. The molecule has 2 atom stereocenters. The van der Waals surface area contributed by atoms with Gasteiger partial charge in [0.15, 0.2) is 0 Å². The summed E-state index contributed by atoms with van der Waals surface area (Å²) in [6, 6.07) is 27.7. The molecular formula is C36H34N4O8. The van der Waals surface area contributed by atoms with Gasteiger partial charge in [0.25, 0.3) is 11.6 Å². The Morgan fingerprint density at radius 2 is 1.46 bits per heavy atom. The molecule has 1 fully saturated rings. The van der Waals surface area contributed by atoms with E-state index in [1.807, 2.05) is 42.5 Å². The maximum atomic E-state index is 15.3. The molecule has 48 heavy (non-hydrogen) atoms. The molecule has 1 spiro atoms. The quantitative estimate of drug-likeness (QED) is 0.108. The van der Waals surface area contributed by atoms with Gasteiger partial charge in [0.2, 0.25) is 11.2 Å². The van der Waals surface area contributed by atoms with Crippen LogP contribution in [-0.4, -0.2) is 48.6 Å². The van der Waals surface area contributed by atoms with E-state index in [1.165, 1.54) is 31.4 Å². The van der Waals surface area contributed by atoms with E-state index in [0.717, 1.165) is 5.56 Å². The third-order valence-corrected chi connectivity index (χ3v) is 8.70. The van der Waals surface area contributed by atoms with E-state index in [-0.39, 0.29) is 25.4 Å². The van der Waals surface area contributed by atoms with Crippen molar-refractivity contribution in [2.24, 2.45) is 0 Å². The van der Waals surface area contributed by atoms with E-state index in [0.29, 0.717) is 28.3 Å². The van der Waals surface area contributed by atoms with E-state index < -0.39 is 40.0 Å². The number of hydrogen-bond acceptors (Lipinski definition) is 10. The highest BCUT2D eigenvalue weighted by Gasteiger charge is 2.74. The predicted octanol–water partition coefficient (Wildman–Crippen LogP) is 5.02. The molecule has 4 aromatic rings. The van der Waals surface area contributed by atoms with Crippen LogP contribution in [0.1, 0.15) is 36.6 Å². The summed E-state index contributed by atoms with van der Waals surface area (Å²) in [4.78, 5) is 58.4. The Hall–Kier alpha value is -5.75. The molecule has 1 N–H and O–H groups in total. The maximum Gasteiger partial charge on any atom is 0.340 e. The fourth-order valence-corrected chi connectivity index (χ4v) is 6.67. The van der Waals surface area contributed by atoms with Gasteiger partial charge in [0.05, 0.1) is 43.5 Å². The zero-order chi connectivity index (χ0) is 34.1. The smallest absolute Gasteiger partial charge is 0.340 e. The van der Waals surface area contributed by atoms with Gasteiger partial charge in [-0.1, -0.05) is 60.7 Å². The van der Waals surface area contributed by atoms with Crippen LogP contribution in [0.3, 0.4) is 0 Å². The van der Waals surface area contributed by atoms with Gasteiger partial charge in [-0.25, -0.2) is 9.59 Å². The van der Waals surface area contributed by atoms with Gasteiger partial charge in [0, 0.05) is 23.4 Å². The summed E-state index contributed by atoms with van der Waals surface area (Å²) in [7, 11) is 1.53. The van der Waals surface area contributed by atoms with Crippen molar-refractivity contribution >= 4 is 34.9 Å². The third-order valence-electron chi connectivity index (χ3n) is 8.70. The lowest BCUT2D eigenvalue weighted by molar-refractivity contribution is -0.384. The number of carbonyl (C=O) groups is 3. The van der Waals surface area contributed by atoms with Crippen LogP contribution in [-0.2, 0) is 36.1 Å². The minimum absolute atomic E-state index is 0.0746. The largest absolute Gasteiger partial charge is 0.497 e. The molecule has 1 amide bonds. The second-order valence-corrected chi connectivity index (χ2v) is 11.3. The Kier molecular flexibility index (Phi) is 8.59. The number of para-hydroxylation sites is 1. The molecule has 0 radical (unpaired) electrons. The molecule has 0 bridgehead atoms. The second-order valence-electron chi connectivity index (χ2n) is 11.3. The first-order chi connectivity index (χ1) is 23.2. The van der Waals surface area contributed by atoms with Crippen molar-refractivity contribution < 1.29 is 33.5 Å². The first kappa shape index (κ1) is 32.2. The molecule has 0 aromatic heterocycles. The molecule has 0 aliphatic carbocycles. The minimum atomic E-state index is -2.31. The second kappa shape index (κ2) is 12.8. The number of fused-ring (bicyclic) bond motifs is 2. The fraction of sp³-hybridized carbons (Fsp3) is 0.250. The first-order valence-electron chi connectivity index (χ1n) is 15.5. The summed E-state index contributed by atoms with van der Waals surface area (Å²) in [5, 5.41) is 14.9. The number of carbonyl (C=O) groups excluding carboxylic acids is 3. The van der Waals surface area contributed by atoms with Crippen molar-refractivity contribution in [2.45, 2.75) is 37.6 Å². The first-order valence-corrected chi connectivity index (χ1v) is 15.5. The normalized spacial score (nSPS) is 19.2. The summed E-state index contributed by atoms with van der Waals surface area (Å²) in [6.07, 6.45) is 0. The van der Waals surface area contributed by atoms with Crippen molar-refractivity contribution in [2.75, 3.05) is 30.1 Å². The number of amides is 1.